The molecule has 0 aliphatic heterocycles. The molecule has 0 bridgehead atoms. The zero-order chi connectivity index (χ0) is 16.9. The Morgan fingerprint density at radius 3 is 2.83 bits per heavy atom. The van der Waals surface area contributed by atoms with E-state index in [2.05, 4.69) is 10.1 Å². The Kier molecular flexibility index (Phi) is 4.81. The second-order valence-corrected chi connectivity index (χ2v) is 6.02. The van der Waals surface area contributed by atoms with Gasteiger partial charge in [-0.3, -0.25) is 4.79 Å². The van der Waals surface area contributed by atoms with E-state index in [1.165, 1.54) is 34.4 Å². The third-order valence-corrected chi connectivity index (χ3v) is 4.11. The second kappa shape index (κ2) is 7.18. The number of carbonyl (C=O) groups excluding carboxylic acids is 1. The molecule has 24 heavy (non-hydrogen) atoms. The molecule has 122 valence electrons. The molecule has 1 amide bonds. The van der Waals surface area contributed by atoms with E-state index < -0.39 is 0 Å². The van der Waals surface area contributed by atoms with E-state index >= 15 is 0 Å². The molecule has 5 nitrogen and oxygen atoms in total. The highest BCUT2D eigenvalue weighted by Crippen LogP contribution is 2.21. The summed E-state index contributed by atoms with van der Waals surface area (Å²) in [7, 11) is 1.65. The van der Waals surface area contributed by atoms with Gasteiger partial charge in [0.25, 0.3) is 0 Å². The van der Waals surface area contributed by atoms with Gasteiger partial charge < -0.3 is 9.42 Å². The normalized spacial score (nSPS) is 11.1. The van der Waals surface area contributed by atoms with Crippen molar-refractivity contribution >= 4 is 23.3 Å². The van der Waals surface area contributed by atoms with Crippen LogP contribution >= 0.6 is 11.3 Å². The minimum atomic E-state index is -0.312. The molecule has 0 fully saturated rings. The fraction of sp³-hybridized carbons (Fsp3) is 0.118. The summed E-state index contributed by atoms with van der Waals surface area (Å²) in [5.41, 5.74) is 0.746. The first-order valence-corrected chi connectivity index (χ1v) is 8.05. The van der Waals surface area contributed by atoms with Crippen LogP contribution in [0.25, 0.3) is 16.8 Å². The van der Waals surface area contributed by atoms with Crippen molar-refractivity contribution in [2.45, 2.75) is 6.54 Å². The van der Waals surface area contributed by atoms with Crippen molar-refractivity contribution in [3.8, 4) is 10.7 Å². The average molecular weight is 343 g/mol. The SMILES string of the molecule is CN(Cc1nc(-c2cccs2)no1)C(=O)/C=C/c1ccc(F)cc1. The number of likely N-dealkylation sites (N-methyl/N-ethyl adjacent to an activating group) is 1. The minimum absolute atomic E-state index is 0.213. The van der Waals surface area contributed by atoms with Crippen LogP contribution < -0.4 is 0 Å². The van der Waals surface area contributed by atoms with Gasteiger partial charge in [-0.25, -0.2) is 4.39 Å². The molecule has 0 saturated heterocycles. The van der Waals surface area contributed by atoms with Crippen LogP contribution in [-0.2, 0) is 11.3 Å². The lowest BCUT2D eigenvalue weighted by Gasteiger charge is -2.11. The van der Waals surface area contributed by atoms with Gasteiger partial charge in [0, 0.05) is 13.1 Å². The maximum absolute atomic E-state index is 12.8. The number of hydrogen-bond acceptors (Lipinski definition) is 5. The zero-order valence-electron chi connectivity index (χ0n) is 12.8. The van der Waals surface area contributed by atoms with Crippen LogP contribution in [0.2, 0.25) is 0 Å². The van der Waals surface area contributed by atoms with Crippen molar-refractivity contribution in [3.63, 3.8) is 0 Å². The summed E-state index contributed by atoms with van der Waals surface area (Å²) in [5.74, 6) is 0.357. The number of aromatic nitrogens is 2. The number of amides is 1. The topological polar surface area (TPSA) is 59.2 Å². The van der Waals surface area contributed by atoms with Crippen LogP contribution in [0.15, 0.2) is 52.4 Å². The van der Waals surface area contributed by atoms with Crippen molar-refractivity contribution in [3.05, 3.63) is 65.1 Å². The molecule has 0 atom stereocenters. The van der Waals surface area contributed by atoms with Gasteiger partial charge >= 0.3 is 0 Å². The van der Waals surface area contributed by atoms with Gasteiger partial charge in [0.05, 0.1) is 11.4 Å². The van der Waals surface area contributed by atoms with Gasteiger partial charge in [0.2, 0.25) is 17.6 Å². The number of benzene rings is 1. The summed E-state index contributed by atoms with van der Waals surface area (Å²) in [4.78, 5) is 18.8. The van der Waals surface area contributed by atoms with E-state index in [0.29, 0.717) is 11.7 Å². The van der Waals surface area contributed by atoms with Gasteiger partial charge in [-0.15, -0.1) is 11.3 Å². The molecule has 0 radical (unpaired) electrons. The smallest absolute Gasteiger partial charge is 0.246 e. The molecule has 0 unspecified atom stereocenters. The van der Waals surface area contributed by atoms with Crippen molar-refractivity contribution in [2.75, 3.05) is 7.05 Å². The summed E-state index contributed by atoms with van der Waals surface area (Å²) in [6, 6.07) is 9.71. The van der Waals surface area contributed by atoms with Crippen molar-refractivity contribution < 1.29 is 13.7 Å². The highest BCUT2D eigenvalue weighted by molar-refractivity contribution is 7.13. The Morgan fingerprint density at radius 1 is 1.33 bits per heavy atom. The van der Waals surface area contributed by atoms with Crippen molar-refractivity contribution in [2.24, 2.45) is 0 Å². The van der Waals surface area contributed by atoms with Gasteiger partial charge in [-0.1, -0.05) is 23.4 Å². The number of halogens is 1. The lowest BCUT2D eigenvalue weighted by Crippen LogP contribution is -2.24. The van der Waals surface area contributed by atoms with Gasteiger partial charge in [-0.05, 0) is 35.2 Å². The number of hydrogen-bond donors (Lipinski definition) is 0. The largest absolute Gasteiger partial charge is 0.337 e. The summed E-state index contributed by atoms with van der Waals surface area (Å²) in [6.07, 6.45) is 3.05. The highest BCUT2D eigenvalue weighted by atomic mass is 32.1. The highest BCUT2D eigenvalue weighted by Gasteiger charge is 2.13. The molecule has 1 aromatic carbocycles. The Bertz CT molecular complexity index is 841. The Balaban J connectivity index is 1.61. The van der Waals surface area contributed by atoms with E-state index in [4.69, 9.17) is 4.52 Å². The van der Waals surface area contributed by atoms with E-state index in [-0.39, 0.29) is 18.3 Å². The predicted octanol–water partition coefficient (Wildman–Crippen LogP) is 3.61. The first kappa shape index (κ1) is 16.1. The monoisotopic (exact) mass is 343 g/mol. The van der Waals surface area contributed by atoms with E-state index in [0.717, 1.165) is 10.4 Å². The quantitative estimate of drug-likeness (QED) is 0.664. The summed E-state index contributed by atoms with van der Waals surface area (Å²) < 4.78 is 18.0. The fourth-order valence-corrected chi connectivity index (χ4v) is 2.62. The number of carbonyl (C=O) groups is 1. The van der Waals surface area contributed by atoms with E-state index in [1.54, 1.807) is 25.3 Å². The number of rotatable bonds is 5. The standard InChI is InChI=1S/C17H14FN3O2S/c1-21(16(22)9-6-12-4-7-13(18)8-5-12)11-15-19-17(20-23-15)14-3-2-10-24-14/h2-10H,11H2,1H3/b9-6+. The predicted molar refractivity (Wildman–Crippen MR) is 89.5 cm³/mol. The third kappa shape index (κ3) is 3.94. The van der Waals surface area contributed by atoms with Gasteiger partial charge in [0.15, 0.2) is 0 Å². The van der Waals surface area contributed by atoms with Crippen LogP contribution in [0.3, 0.4) is 0 Å². The molecule has 0 N–H and O–H groups in total. The Hall–Kier alpha value is -2.80. The van der Waals surface area contributed by atoms with Crippen molar-refractivity contribution in [1.82, 2.24) is 15.0 Å². The fourth-order valence-electron chi connectivity index (χ4n) is 1.97. The molecule has 3 aromatic rings. The molecule has 0 saturated carbocycles. The maximum atomic E-state index is 12.8. The molecule has 3 rings (SSSR count). The summed E-state index contributed by atoms with van der Waals surface area (Å²) in [6.45, 7) is 0.213. The molecule has 0 aliphatic carbocycles. The first-order chi connectivity index (χ1) is 11.6. The Labute approximate surface area is 142 Å². The summed E-state index contributed by atoms with van der Waals surface area (Å²) in [5, 5.41) is 5.84. The maximum Gasteiger partial charge on any atom is 0.246 e. The van der Waals surface area contributed by atoms with Crippen LogP contribution in [0.5, 0.6) is 0 Å². The van der Waals surface area contributed by atoms with Gasteiger partial charge in [-0.2, -0.15) is 4.98 Å². The molecule has 2 aromatic heterocycles. The van der Waals surface area contributed by atoms with Crippen LogP contribution in [0, 0.1) is 5.82 Å². The minimum Gasteiger partial charge on any atom is -0.337 e. The second-order valence-electron chi connectivity index (χ2n) is 5.07. The van der Waals surface area contributed by atoms with E-state index in [1.807, 2.05) is 17.5 Å². The molecular weight excluding hydrogens is 329 g/mol. The zero-order valence-corrected chi connectivity index (χ0v) is 13.7. The number of nitrogens with zero attached hydrogens (tertiary/aromatic N) is 3. The van der Waals surface area contributed by atoms with Crippen LogP contribution in [0.4, 0.5) is 4.39 Å². The summed E-state index contributed by atoms with van der Waals surface area (Å²) >= 11 is 1.52. The first-order valence-electron chi connectivity index (χ1n) is 7.17. The molecule has 0 aliphatic rings. The van der Waals surface area contributed by atoms with Crippen molar-refractivity contribution in [1.29, 1.82) is 0 Å². The lowest BCUT2D eigenvalue weighted by atomic mass is 10.2. The van der Waals surface area contributed by atoms with E-state index in [9.17, 15) is 9.18 Å². The molecule has 0 spiro atoms. The third-order valence-electron chi connectivity index (χ3n) is 3.25. The molecule has 2 heterocycles. The van der Waals surface area contributed by atoms with Gasteiger partial charge in [0.1, 0.15) is 5.82 Å². The average Bonchev–Trinajstić information content (AvgIpc) is 3.25. The van der Waals surface area contributed by atoms with Crippen LogP contribution in [-0.4, -0.2) is 28.0 Å². The molecule has 7 heteroatoms. The Morgan fingerprint density at radius 2 is 2.12 bits per heavy atom. The molecular formula is C17H14FN3O2S. The number of thiophene rings is 1. The lowest BCUT2D eigenvalue weighted by molar-refractivity contribution is -0.125. The van der Waals surface area contributed by atoms with Crippen LogP contribution in [0.1, 0.15) is 11.5 Å².